The van der Waals surface area contributed by atoms with Gasteiger partial charge in [0.15, 0.2) is 0 Å². The van der Waals surface area contributed by atoms with Crippen molar-refractivity contribution in [2.24, 2.45) is 23.7 Å². The minimum atomic E-state index is 0.740. The van der Waals surface area contributed by atoms with Gasteiger partial charge in [0, 0.05) is 0 Å². The molecular formula is C35H60O2. The predicted molar refractivity (Wildman–Crippen MR) is 160 cm³/mol. The molecule has 0 atom stereocenters. The maximum Gasteiger partial charge on any atom is 0.119 e. The molecule has 0 unspecified atom stereocenters. The molecule has 0 saturated heterocycles. The molecular weight excluding hydrogens is 452 g/mol. The van der Waals surface area contributed by atoms with Gasteiger partial charge in [0.1, 0.15) is 11.5 Å². The Morgan fingerprint density at radius 1 is 0.486 bits per heavy atom. The van der Waals surface area contributed by atoms with E-state index in [1.165, 1.54) is 135 Å². The molecule has 0 aromatic heterocycles. The van der Waals surface area contributed by atoms with Gasteiger partial charge < -0.3 is 9.47 Å². The SMILES string of the molecule is CCCCCCC[C@H]1CC[C@H](CCCOc2ccc(OC[C@H]3CC[C@H](CCCCCC)CC3)cc2)CC1. The fourth-order valence-corrected chi connectivity index (χ4v) is 6.80. The number of hydrogen-bond acceptors (Lipinski definition) is 2. The van der Waals surface area contributed by atoms with Gasteiger partial charge in [-0.1, -0.05) is 123 Å². The topological polar surface area (TPSA) is 18.5 Å². The van der Waals surface area contributed by atoms with Crippen LogP contribution in [0.15, 0.2) is 24.3 Å². The number of rotatable bonds is 19. The van der Waals surface area contributed by atoms with Crippen molar-refractivity contribution in [1.29, 1.82) is 0 Å². The van der Waals surface area contributed by atoms with Crippen molar-refractivity contribution in [3.8, 4) is 11.5 Å². The summed E-state index contributed by atoms with van der Waals surface area (Å²) in [5, 5.41) is 0. The number of hydrogen-bond donors (Lipinski definition) is 0. The van der Waals surface area contributed by atoms with Gasteiger partial charge in [0.05, 0.1) is 13.2 Å². The smallest absolute Gasteiger partial charge is 0.119 e. The average Bonchev–Trinajstić information content (AvgIpc) is 2.94. The minimum absolute atomic E-state index is 0.740. The number of unbranched alkanes of at least 4 members (excludes halogenated alkanes) is 7. The van der Waals surface area contributed by atoms with Crippen molar-refractivity contribution in [3.05, 3.63) is 24.3 Å². The van der Waals surface area contributed by atoms with Gasteiger partial charge in [-0.2, -0.15) is 0 Å². The molecule has 2 aliphatic carbocycles. The first-order valence-electron chi connectivity index (χ1n) is 16.6. The lowest BCUT2D eigenvalue weighted by Crippen LogP contribution is -2.20. The van der Waals surface area contributed by atoms with E-state index >= 15 is 0 Å². The second-order valence-corrected chi connectivity index (χ2v) is 12.6. The van der Waals surface area contributed by atoms with E-state index in [4.69, 9.17) is 9.47 Å². The van der Waals surface area contributed by atoms with Gasteiger partial charge >= 0.3 is 0 Å². The van der Waals surface area contributed by atoms with Crippen LogP contribution in [0.1, 0.15) is 149 Å². The quantitative estimate of drug-likeness (QED) is 0.172. The van der Waals surface area contributed by atoms with E-state index in [-0.39, 0.29) is 0 Å². The summed E-state index contributed by atoms with van der Waals surface area (Å²) in [5.74, 6) is 5.66. The molecule has 212 valence electrons. The van der Waals surface area contributed by atoms with Gasteiger partial charge in [-0.15, -0.1) is 0 Å². The summed E-state index contributed by atoms with van der Waals surface area (Å²) >= 11 is 0. The minimum Gasteiger partial charge on any atom is -0.494 e. The maximum absolute atomic E-state index is 6.15. The summed E-state index contributed by atoms with van der Waals surface area (Å²) in [6.45, 7) is 6.33. The third kappa shape index (κ3) is 12.9. The molecule has 2 aliphatic rings. The predicted octanol–water partition coefficient (Wildman–Crippen LogP) is 11.2. The Labute approximate surface area is 230 Å². The van der Waals surface area contributed by atoms with Crippen LogP contribution < -0.4 is 9.47 Å². The molecule has 0 aliphatic heterocycles. The van der Waals surface area contributed by atoms with Crippen LogP contribution in [0.2, 0.25) is 0 Å². The van der Waals surface area contributed by atoms with Crippen LogP contribution in [0.3, 0.4) is 0 Å². The third-order valence-electron chi connectivity index (χ3n) is 9.45. The first-order chi connectivity index (χ1) is 18.3. The Bertz CT molecular complexity index is 652. The number of benzene rings is 1. The van der Waals surface area contributed by atoms with Gasteiger partial charge in [0.2, 0.25) is 0 Å². The van der Waals surface area contributed by atoms with E-state index < -0.39 is 0 Å². The van der Waals surface area contributed by atoms with E-state index in [2.05, 4.69) is 38.1 Å². The molecule has 1 aromatic carbocycles. The van der Waals surface area contributed by atoms with Crippen LogP contribution in [0, 0.1) is 23.7 Å². The summed E-state index contributed by atoms with van der Waals surface area (Å²) < 4.78 is 12.2. The lowest BCUT2D eigenvalue weighted by atomic mass is 9.78. The molecule has 2 fully saturated rings. The van der Waals surface area contributed by atoms with Crippen LogP contribution in [-0.4, -0.2) is 13.2 Å². The standard InChI is InChI=1S/C35H60O2/c1-3-5-7-9-11-14-30-16-18-32(19-17-30)15-12-28-36-34-24-26-35(27-25-34)37-29-33-22-20-31(21-23-33)13-10-8-6-4-2/h24-27,30-33H,3-23,28-29H2,1-2H3/t30-,31-,32-,33-. The van der Waals surface area contributed by atoms with Crippen molar-refractivity contribution in [2.75, 3.05) is 13.2 Å². The Morgan fingerprint density at radius 3 is 1.41 bits per heavy atom. The lowest BCUT2D eigenvalue weighted by molar-refractivity contribution is 0.177. The van der Waals surface area contributed by atoms with Crippen LogP contribution >= 0.6 is 0 Å². The van der Waals surface area contributed by atoms with Crippen molar-refractivity contribution in [3.63, 3.8) is 0 Å². The zero-order chi connectivity index (χ0) is 26.0. The van der Waals surface area contributed by atoms with Gasteiger partial charge in [0.25, 0.3) is 0 Å². The van der Waals surface area contributed by atoms with Crippen molar-refractivity contribution in [1.82, 2.24) is 0 Å². The summed E-state index contributed by atoms with van der Waals surface area (Å²) in [7, 11) is 0. The molecule has 0 amide bonds. The molecule has 0 bridgehead atoms. The number of ether oxygens (including phenoxy) is 2. The molecule has 0 N–H and O–H groups in total. The zero-order valence-electron chi connectivity index (χ0n) is 24.7. The molecule has 2 nitrogen and oxygen atoms in total. The summed E-state index contributed by atoms with van der Waals surface area (Å²) in [5.41, 5.74) is 0. The lowest BCUT2D eigenvalue weighted by Gasteiger charge is -2.28. The Kier molecular flexibility index (Phi) is 15.6. The van der Waals surface area contributed by atoms with E-state index in [0.717, 1.165) is 48.4 Å². The van der Waals surface area contributed by atoms with Crippen molar-refractivity contribution >= 4 is 0 Å². The largest absolute Gasteiger partial charge is 0.494 e. The zero-order valence-corrected chi connectivity index (χ0v) is 24.7. The van der Waals surface area contributed by atoms with Crippen LogP contribution in [0.25, 0.3) is 0 Å². The first kappa shape index (κ1) is 30.4. The normalized spacial score (nSPS) is 24.2. The van der Waals surface area contributed by atoms with Crippen LogP contribution in [-0.2, 0) is 0 Å². The second kappa shape index (κ2) is 19.0. The summed E-state index contributed by atoms with van der Waals surface area (Å²) in [4.78, 5) is 0. The average molecular weight is 513 g/mol. The maximum atomic E-state index is 6.15. The molecule has 0 spiro atoms. The Balaban J connectivity index is 1.18. The highest BCUT2D eigenvalue weighted by Gasteiger charge is 2.22. The summed E-state index contributed by atoms with van der Waals surface area (Å²) in [6.07, 6.45) is 29.6. The van der Waals surface area contributed by atoms with Crippen molar-refractivity contribution < 1.29 is 9.47 Å². The molecule has 2 saturated carbocycles. The van der Waals surface area contributed by atoms with Gasteiger partial charge in [-0.05, 0) is 73.6 Å². The molecule has 0 heterocycles. The van der Waals surface area contributed by atoms with Crippen LogP contribution in [0.4, 0.5) is 0 Å². The molecule has 1 aromatic rings. The van der Waals surface area contributed by atoms with E-state index in [1.807, 2.05) is 0 Å². The third-order valence-corrected chi connectivity index (χ3v) is 9.45. The van der Waals surface area contributed by atoms with Gasteiger partial charge in [-0.3, -0.25) is 0 Å². The second-order valence-electron chi connectivity index (χ2n) is 12.6. The highest BCUT2D eigenvalue weighted by Crippen LogP contribution is 2.35. The highest BCUT2D eigenvalue weighted by molar-refractivity contribution is 5.31. The molecule has 3 rings (SSSR count). The monoisotopic (exact) mass is 512 g/mol. The van der Waals surface area contributed by atoms with E-state index in [1.54, 1.807) is 0 Å². The van der Waals surface area contributed by atoms with Crippen LogP contribution in [0.5, 0.6) is 11.5 Å². The Morgan fingerprint density at radius 2 is 0.892 bits per heavy atom. The Hall–Kier alpha value is -1.18. The summed E-state index contributed by atoms with van der Waals surface area (Å²) in [6, 6.07) is 8.37. The van der Waals surface area contributed by atoms with Crippen molar-refractivity contribution in [2.45, 2.75) is 149 Å². The molecule has 37 heavy (non-hydrogen) atoms. The van der Waals surface area contributed by atoms with Gasteiger partial charge in [-0.25, -0.2) is 0 Å². The molecule has 0 radical (unpaired) electrons. The van der Waals surface area contributed by atoms with E-state index in [9.17, 15) is 0 Å². The fourth-order valence-electron chi connectivity index (χ4n) is 6.80. The first-order valence-corrected chi connectivity index (χ1v) is 16.6. The fraction of sp³-hybridized carbons (Fsp3) is 0.829. The molecule has 2 heteroatoms. The van der Waals surface area contributed by atoms with E-state index in [0.29, 0.717) is 0 Å². The highest BCUT2D eigenvalue weighted by atomic mass is 16.5.